The Kier molecular flexibility index (Phi) is 5.79. The summed E-state index contributed by atoms with van der Waals surface area (Å²) >= 11 is 0. The van der Waals surface area contributed by atoms with Crippen LogP contribution in [0.5, 0.6) is 0 Å². The van der Waals surface area contributed by atoms with Crippen LogP contribution in [0, 0.1) is 11.8 Å². The van der Waals surface area contributed by atoms with Crippen LogP contribution >= 0.6 is 0 Å². The Balaban J connectivity index is 2.94. The first-order valence-corrected chi connectivity index (χ1v) is 8.48. The second-order valence-electron chi connectivity index (χ2n) is 6.40. The fourth-order valence-corrected chi connectivity index (χ4v) is 3.79. The minimum atomic E-state index is -3.33. The number of piperazine rings is 1. The van der Waals surface area contributed by atoms with E-state index in [1.165, 1.54) is 4.31 Å². The zero-order valence-corrected chi connectivity index (χ0v) is 13.9. The highest BCUT2D eigenvalue weighted by Crippen LogP contribution is 2.22. The first-order chi connectivity index (χ1) is 8.66. The summed E-state index contributed by atoms with van der Waals surface area (Å²) in [5.41, 5.74) is 0. The van der Waals surface area contributed by atoms with Crippen molar-refractivity contribution in [2.24, 2.45) is 11.8 Å². The first kappa shape index (κ1) is 16.9. The molecule has 0 aromatic rings. The van der Waals surface area contributed by atoms with Crippen molar-refractivity contribution in [2.75, 3.05) is 27.2 Å². The third-order valence-corrected chi connectivity index (χ3v) is 5.67. The lowest BCUT2D eigenvalue weighted by atomic mass is 9.97. The van der Waals surface area contributed by atoms with Crippen molar-refractivity contribution in [3.8, 4) is 0 Å². The predicted octanol–water partition coefficient (Wildman–Crippen LogP) is 1.14. The second-order valence-corrected chi connectivity index (χ2v) is 8.50. The summed E-state index contributed by atoms with van der Waals surface area (Å²) in [7, 11) is -0.124. The van der Waals surface area contributed by atoms with Crippen molar-refractivity contribution in [3.63, 3.8) is 0 Å². The first-order valence-electron chi connectivity index (χ1n) is 7.09. The Labute approximate surface area is 118 Å². The van der Waals surface area contributed by atoms with Gasteiger partial charge in [-0.3, -0.25) is 0 Å². The van der Waals surface area contributed by atoms with E-state index in [0.717, 1.165) is 13.0 Å². The van der Waals surface area contributed by atoms with Gasteiger partial charge >= 0.3 is 0 Å². The number of rotatable bonds is 5. The van der Waals surface area contributed by atoms with Crippen molar-refractivity contribution in [3.05, 3.63) is 0 Å². The van der Waals surface area contributed by atoms with E-state index in [9.17, 15) is 8.42 Å². The zero-order valence-electron chi connectivity index (χ0n) is 13.0. The van der Waals surface area contributed by atoms with Crippen molar-refractivity contribution in [2.45, 2.75) is 46.2 Å². The van der Waals surface area contributed by atoms with Gasteiger partial charge in [0.2, 0.25) is 0 Å². The van der Waals surface area contributed by atoms with Crippen LogP contribution in [0.4, 0.5) is 0 Å². The lowest BCUT2D eigenvalue weighted by molar-refractivity contribution is 0.171. The minimum Gasteiger partial charge on any atom is -0.311 e. The summed E-state index contributed by atoms with van der Waals surface area (Å²) < 4.78 is 28.0. The molecule has 0 bridgehead atoms. The molecule has 0 aliphatic carbocycles. The number of hydrogen-bond donors (Lipinski definition) is 1. The van der Waals surface area contributed by atoms with Gasteiger partial charge in [-0.2, -0.15) is 17.0 Å². The Bertz CT molecular complexity index is 379. The Morgan fingerprint density at radius 1 is 1.26 bits per heavy atom. The molecular formula is C13H29N3O2S. The monoisotopic (exact) mass is 291 g/mol. The van der Waals surface area contributed by atoms with E-state index in [4.69, 9.17) is 0 Å². The fraction of sp³-hybridized carbons (Fsp3) is 1.00. The van der Waals surface area contributed by atoms with E-state index >= 15 is 0 Å². The molecule has 0 spiro atoms. The molecule has 0 saturated carbocycles. The predicted molar refractivity (Wildman–Crippen MR) is 79.2 cm³/mol. The van der Waals surface area contributed by atoms with Crippen LogP contribution < -0.4 is 5.32 Å². The summed E-state index contributed by atoms with van der Waals surface area (Å²) in [4.78, 5) is 0. The van der Waals surface area contributed by atoms with Gasteiger partial charge in [0, 0.05) is 39.3 Å². The van der Waals surface area contributed by atoms with Gasteiger partial charge in [-0.1, -0.05) is 27.7 Å². The summed E-state index contributed by atoms with van der Waals surface area (Å²) in [6.07, 6.45) is 0.894. The summed E-state index contributed by atoms with van der Waals surface area (Å²) in [5, 5.41) is 3.49. The Morgan fingerprint density at radius 2 is 1.84 bits per heavy atom. The molecular weight excluding hydrogens is 262 g/mol. The smallest absolute Gasteiger partial charge is 0.281 e. The number of nitrogens with one attached hydrogen (secondary N) is 1. The van der Waals surface area contributed by atoms with Gasteiger partial charge in [-0.05, 0) is 18.3 Å². The summed E-state index contributed by atoms with van der Waals surface area (Å²) in [6.45, 7) is 9.83. The highest BCUT2D eigenvalue weighted by molar-refractivity contribution is 7.86. The van der Waals surface area contributed by atoms with Crippen molar-refractivity contribution in [1.29, 1.82) is 0 Å². The molecule has 1 fully saturated rings. The van der Waals surface area contributed by atoms with Gasteiger partial charge in [0.1, 0.15) is 0 Å². The maximum Gasteiger partial charge on any atom is 0.281 e. The van der Waals surface area contributed by atoms with E-state index in [1.54, 1.807) is 18.4 Å². The van der Waals surface area contributed by atoms with Gasteiger partial charge in [0.25, 0.3) is 10.2 Å². The molecule has 1 heterocycles. The molecule has 5 nitrogen and oxygen atoms in total. The summed E-state index contributed by atoms with van der Waals surface area (Å²) in [5.74, 6) is 0.919. The van der Waals surface area contributed by atoms with E-state index in [0.29, 0.717) is 18.4 Å². The third kappa shape index (κ3) is 4.15. The quantitative estimate of drug-likeness (QED) is 0.826. The van der Waals surface area contributed by atoms with Crippen molar-refractivity contribution < 1.29 is 8.42 Å². The molecule has 0 amide bonds. The molecule has 19 heavy (non-hydrogen) atoms. The normalized spacial score (nSPS) is 26.6. The SMILES string of the molecule is CC(C)CC1CNC(C(C)C)CN1S(=O)(=O)N(C)C. The molecule has 0 aromatic carbocycles. The lowest BCUT2D eigenvalue weighted by Gasteiger charge is -2.42. The molecule has 1 N–H and O–H groups in total. The van der Waals surface area contributed by atoms with Crippen molar-refractivity contribution in [1.82, 2.24) is 13.9 Å². The molecule has 1 aliphatic heterocycles. The lowest BCUT2D eigenvalue weighted by Crippen LogP contribution is -2.61. The van der Waals surface area contributed by atoms with Gasteiger partial charge in [0.15, 0.2) is 0 Å². The summed E-state index contributed by atoms with van der Waals surface area (Å²) in [6, 6.07) is 0.292. The average Bonchev–Trinajstić information content (AvgIpc) is 2.27. The van der Waals surface area contributed by atoms with Crippen molar-refractivity contribution >= 4 is 10.2 Å². The number of hydrogen-bond acceptors (Lipinski definition) is 3. The van der Waals surface area contributed by atoms with E-state index in [-0.39, 0.29) is 12.1 Å². The Hall–Kier alpha value is -0.170. The van der Waals surface area contributed by atoms with Crippen LogP contribution in [0.25, 0.3) is 0 Å². The van der Waals surface area contributed by atoms with E-state index in [2.05, 4.69) is 33.0 Å². The van der Waals surface area contributed by atoms with Crippen LogP contribution in [0.3, 0.4) is 0 Å². The van der Waals surface area contributed by atoms with E-state index in [1.807, 2.05) is 0 Å². The fourth-order valence-electron chi connectivity index (χ4n) is 2.48. The highest BCUT2D eigenvalue weighted by atomic mass is 32.2. The standard InChI is InChI=1S/C13H29N3O2S/c1-10(2)7-12-8-14-13(11(3)4)9-16(12)19(17,18)15(5)6/h10-14H,7-9H2,1-6H3. The van der Waals surface area contributed by atoms with Crippen LogP contribution in [-0.4, -0.2) is 56.3 Å². The maximum absolute atomic E-state index is 12.5. The molecule has 0 radical (unpaired) electrons. The highest BCUT2D eigenvalue weighted by Gasteiger charge is 2.37. The number of nitrogens with zero attached hydrogens (tertiary/aromatic N) is 2. The topological polar surface area (TPSA) is 52.7 Å². The molecule has 6 heteroatoms. The van der Waals surface area contributed by atoms with Crippen LogP contribution in [-0.2, 0) is 10.2 Å². The molecule has 1 rings (SSSR count). The molecule has 114 valence electrons. The zero-order chi connectivity index (χ0) is 14.8. The third-order valence-electron chi connectivity index (χ3n) is 3.71. The molecule has 0 aromatic heterocycles. The molecule has 2 unspecified atom stereocenters. The van der Waals surface area contributed by atoms with Gasteiger partial charge in [-0.15, -0.1) is 0 Å². The van der Waals surface area contributed by atoms with Crippen LogP contribution in [0.15, 0.2) is 0 Å². The largest absolute Gasteiger partial charge is 0.311 e. The molecule has 1 saturated heterocycles. The molecule has 1 aliphatic rings. The maximum atomic E-state index is 12.5. The average molecular weight is 291 g/mol. The van der Waals surface area contributed by atoms with Crippen LogP contribution in [0.1, 0.15) is 34.1 Å². The van der Waals surface area contributed by atoms with Crippen LogP contribution in [0.2, 0.25) is 0 Å². The molecule has 2 atom stereocenters. The van der Waals surface area contributed by atoms with Gasteiger partial charge in [0.05, 0.1) is 0 Å². The van der Waals surface area contributed by atoms with Gasteiger partial charge in [-0.25, -0.2) is 0 Å². The van der Waals surface area contributed by atoms with Gasteiger partial charge < -0.3 is 5.32 Å². The minimum absolute atomic E-state index is 0.0578. The Morgan fingerprint density at radius 3 is 2.26 bits per heavy atom. The van der Waals surface area contributed by atoms with E-state index < -0.39 is 10.2 Å². The second kappa shape index (κ2) is 6.52.